The van der Waals surface area contributed by atoms with Crippen LogP contribution in [0.2, 0.25) is 0 Å². The molecule has 120 valence electrons. The predicted molar refractivity (Wildman–Crippen MR) is 94.5 cm³/mol. The normalized spacial score (nSPS) is 20.4. The van der Waals surface area contributed by atoms with Crippen LogP contribution in [0.3, 0.4) is 0 Å². The van der Waals surface area contributed by atoms with Gasteiger partial charge in [0.25, 0.3) is 10.0 Å². The molecule has 1 fully saturated rings. The molecule has 1 atom stereocenters. The second kappa shape index (κ2) is 6.46. The predicted octanol–water partition coefficient (Wildman–Crippen LogP) is 3.35. The number of hydrogen-bond donors (Lipinski definition) is 0. The molecule has 1 unspecified atom stereocenters. The number of para-hydroxylation sites is 1. The maximum Gasteiger partial charge on any atom is 0.294 e. The molecule has 0 spiro atoms. The van der Waals surface area contributed by atoms with Gasteiger partial charge in [-0.2, -0.15) is 8.42 Å². The summed E-state index contributed by atoms with van der Waals surface area (Å²) >= 11 is 2.31. The van der Waals surface area contributed by atoms with Crippen LogP contribution in [0.25, 0.3) is 0 Å². The van der Waals surface area contributed by atoms with Gasteiger partial charge in [-0.05, 0) is 30.0 Å². The molecule has 0 N–H and O–H groups in total. The van der Waals surface area contributed by atoms with E-state index in [2.05, 4.69) is 4.40 Å². The fourth-order valence-electron chi connectivity index (χ4n) is 2.16. The van der Waals surface area contributed by atoms with E-state index in [1.54, 1.807) is 35.7 Å². The second-order valence-electron chi connectivity index (χ2n) is 4.80. The molecule has 2 aromatic rings. The summed E-state index contributed by atoms with van der Waals surface area (Å²) in [7, 11) is -3.80. The van der Waals surface area contributed by atoms with Crippen molar-refractivity contribution in [1.29, 1.82) is 0 Å². The highest BCUT2D eigenvalue weighted by molar-refractivity contribution is 8.16. The number of carbonyl (C=O) groups is 1. The van der Waals surface area contributed by atoms with Crippen LogP contribution < -0.4 is 4.90 Å². The quantitative estimate of drug-likeness (QED) is 0.832. The summed E-state index contributed by atoms with van der Waals surface area (Å²) in [4.78, 5) is 13.9. The molecule has 5 nitrogen and oxygen atoms in total. The summed E-state index contributed by atoms with van der Waals surface area (Å²) in [5, 5.41) is 1.58. The van der Waals surface area contributed by atoms with Gasteiger partial charge < -0.3 is 0 Å². The molecule has 3 rings (SSSR count). The molecular weight excluding hydrogens is 352 g/mol. The largest absolute Gasteiger partial charge is 0.294 e. The Hall–Kier alpha value is -1.64. The molecule has 0 bridgehead atoms. The monoisotopic (exact) mass is 366 g/mol. The molecule has 1 aliphatic heterocycles. The molecule has 1 aromatic heterocycles. The highest BCUT2D eigenvalue weighted by atomic mass is 32.2. The summed E-state index contributed by atoms with van der Waals surface area (Å²) in [6, 6.07) is 12.2. The zero-order valence-electron chi connectivity index (χ0n) is 12.2. The minimum atomic E-state index is -3.80. The highest BCUT2D eigenvalue weighted by Crippen LogP contribution is 2.34. The van der Waals surface area contributed by atoms with Crippen molar-refractivity contribution in [2.45, 2.75) is 22.8 Å². The maximum absolute atomic E-state index is 12.6. The van der Waals surface area contributed by atoms with E-state index >= 15 is 0 Å². The number of carbonyl (C=O) groups excluding carboxylic acids is 1. The van der Waals surface area contributed by atoms with E-state index in [0.717, 1.165) is 11.3 Å². The molecule has 0 radical (unpaired) electrons. The standard InChI is InChI=1S/C15H14N2O3S3/c1-2-12-14(18)17(11-7-4-3-5-8-11)15(22-12)16-23(19,20)13-9-6-10-21-13/h3-10,12H,2H2,1H3. The summed E-state index contributed by atoms with van der Waals surface area (Å²) < 4.78 is 28.9. The average Bonchev–Trinajstić information content (AvgIpc) is 3.17. The van der Waals surface area contributed by atoms with Crippen LogP contribution in [0.1, 0.15) is 13.3 Å². The van der Waals surface area contributed by atoms with Gasteiger partial charge in [0, 0.05) is 0 Å². The minimum absolute atomic E-state index is 0.135. The van der Waals surface area contributed by atoms with Gasteiger partial charge in [-0.25, -0.2) is 0 Å². The van der Waals surface area contributed by atoms with Crippen molar-refractivity contribution < 1.29 is 13.2 Å². The van der Waals surface area contributed by atoms with Gasteiger partial charge in [-0.1, -0.05) is 43.0 Å². The number of sulfonamides is 1. The summed E-state index contributed by atoms with van der Waals surface area (Å²) in [5.41, 5.74) is 0.626. The van der Waals surface area contributed by atoms with Gasteiger partial charge in [-0.3, -0.25) is 9.69 Å². The lowest BCUT2D eigenvalue weighted by molar-refractivity contribution is -0.116. The van der Waals surface area contributed by atoms with E-state index < -0.39 is 10.0 Å². The van der Waals surface area contributed by atoms with Crippen LogP contribution >= 0.6 is 23.1 Å². The van der Waals surface area contributed by atoms with Gasteiger partial charge in [0.15, 0.2) is 5.17 Å². The first-order valence-corrected chi connectivity index (χ1v) is 10.2. The second-order valence-corrected chi connectivity index (χ2v) is 8.75. The smallest absolute Gasteiger partial charge is 0.273 e. The number of anilines is 1. The first-order chi connectivity index (χ1) is 11.0. The number of amides is 1. The Morgan fingerprint density at radius 3 is 2.52 bits per heavy atom. The summed E-state index contributed by atoms with van der Waals surface area (Å²) in [6.07, 6.45) is 0.616. The Kier molecular flexibility index (Phi) is 4.56. The third kappa shape index (κ3) is 3.19. The Labute approximate surface area is 143 Å². The van der Waals surface area contributed by atoms with Crippen molar-refractivity contribution in [3.63, 3.8) is 0 Å². The van der Waals surface area contributed by atoms with Crippen LogP contribution in [0.4, 0.5) is 5.69 Å². The molecule has 0 saturated carbocycles. The number of benzene rings is 1. The van der Waals surface area contributed by atoms with Crippen molar-refractivity contribution in [1.82, 2.24) is 0 Å². The average molecular weight is 366 g/mol. The topological polar surface area (TPSA) is 66.8 Å². The molecule has 1 aromatic carbocycles. The summed E-state index contributed by atoms with van der Waals surface area (Å²) in [6.45, 7) is 1.90. The van der Waals surface area contributed by atoms with Crippen LogP contribution in [-0.2, 0) is 14.8 Å². The molecular formula is C15H14N2O3S3. The number of amidine groups is 1. The van der Waals surface area contributed by atoms with E-state index in [1.807, 2.05) is 13.0 Å². The van der Waals surface area contributed by atoms with Crippen molar-refractivity contribution in [3.05, 3.63) is 47.8 Å². The van der Waals surface area contributed by atoms with Crippen LogP contribution in [0, 0.1) is 0 Å². The lowest BCUT2D eigenvalue weighted by Crippen LogP contribution is -2.32. The SMILES string of the molecule is CCC1SC(=NS(=O)(=O)c2cccs2)N(c2ccccc2)C1=O. The third-order valence-corrected chi connectivity index (χ3v) is 7.33. The van der Waals surface area contributed by atoms with Gasteiger partial charge in [-0.15, -0.1) is 15.7 Å². The molecule has 0 aliphatic carbocycles. The van der Waals surface area contributed by atoms with Crippen LogP contribution in [-0.4, -0.2) is 24.7 Å². The number of thiophene rings is 1. The summed E-state index contributed by atoms with van der Waals surface area (Å²) in [5.74, 6) is -0.135. The fourth-order valence-corrected chi connectivity index (χ4v) is 5.40. The van der Waals surface area contributed by atoms with Crippen molar-refractivity contribution in [2.24, 2.45) is 4.40 Å². The van der Waals surface area contributed by atoms with Gasteiger partial charge >= 0.3 is 0 Å². The highest BCUT2D eigenvalue weighted by Gasteiger charge is 2.39. The number of rotatable bonds is 4. The number of nitrogens with zero attached hydrogens (tertiary/aromatic N) is 2. The zero-order chi connectivity index (χ0) is 16.4. The first kappa shape index (κ1) is 16.2. The van der Waals surface area contributed by atoms with E-state index in [4.69, 9.17) is 0 Å². The lowest BCUT2D eigenvalue weighted by Gasteiger charge is -2.15. The Balaban J connectivity index is 2.05. The molecule has 1 aliphatic rings. The molecule has 1 saturated heterocycles. The zero-order valence-corrected chi connectivity index (χ0v) is 14.7. The van der Waals surface area contributed by atoms with Gasteiger partial charge in [0.1, 0.15) is 4.21 Å². The Morgan fingerprint density at radius 1 is 1.17 bits per heavy atom. The molecule has 23 heavy (non-hydrogen) atoms. The number of thioether (sulfide) groups is 1. The number of hydrogen-bond acceptors (Lipinski definition) is 5. The molecule has 2 heterocycles. The fraction of sp³-hybridized carbons (Fsp3) is 0.200. The van der Waals surface area contributed by atoms with E-state index in [0.29, 0.717) is 12.1 Å². The maximum atomic E-state index is 12.6. The first-order valence-electron chi connectivity index (χ1n) is 6.97. The van der Waals surface area contributed by atoms with E-state index in [-0.39, 0.29) is 20.5 Å². The van der Waals surface area contributed by atoms with E-state index in [9.17, 15) is 13.2 Å². The minimum Gasteiger partial charge on any atom is -0.273 e. The van der Waals surface area contributed by atoms with Crippen LogP contribution in [0.5, 0.6) is 0 Å². The van der Waals surface area contributed by atoms with Crippen LogP contribution in [0.15, 0.2) is 56.5 Å². The van der Waals surface area contributed by atoms with Crippen molar-refractivity contribution in [3.8, 4) is 0 Å². The lowest BCUT2D eigenvalue weighted by atomic mass is 10.2. The van der Waals surface area contributed by atoms with E-state index in [1.165, 1.54) is 22.7 Å². The Bertz CT molecular complexity index is 830. The van der Waals surface area contributed by atoms with Gasteiger partial charge in [0.2, 0.25) is 5.91 Å². The Morgan fingerprint density at radius 2 is 1.91 bits per heavy atom. The van der Waals surface area contributed by atoms with Crippen molar-refractivity contribution in [2.75, 3.05) is 4.90 Å². The third-order valence-electron chi connectivity index (χ3n) is 3.27. The molecule has 1 amide bonds. The van der Waals surface area contributed by atoms with Gasteiger partial charge in [0.05, 0.1) is 10.9 Å². The van der Waals surface area contributed by atoms with Crippen molar-refractivity contribution >= 4 is 49.9 Å². The molecule has 8 heteroatoms.